The number of phenols is 1. The fourth-order valence-electron chi connectivity index (χ4n) is 5.54. The molecule has 2 atom stereocenters. The Morgan fingerprint density at radius 1 is 1.18 bits per heavy atom. The van der Waals surface area contributed by atoms with E-state index in [1.165, 1.54) is 69.8 Å². The molecule has 2 fully saturated rings. The van der Waals surface area contributed by atoms with Crippen LogP contribution in [0.4, 0.5) is 4.39 Å². The summed E-state index contributed by atoms with van der Waals surface area (Å²) < 4.78 is 14.5. The van der Waals surface area contributed by atoms with E-state index < -0.39 is 5.82 Å². The summed E-state index contributed by atoms with van der Waals surface area (Å²) in [5, 5.41) is 9.84. The van der Waals surface area contributed by atoms with Crippen LogP contribution in [0.1, 0.15) is 70.8 Å². The summed E-state index contributed by atoms with van der Waals surface area (Å²) in [4.78, 5) is 9.39. The van der Waals surface area contributed by atoms with Crippen molar-refractivity contribution in [3.8, 4) is 5.75 Å². The highest BCUT2D eigenvalue weighted by Gasteiger charge is 2.29. The normalized spacial score (nSPS) is 24.4. The Bertz CT molecular complexity index is 920. The lowest BCUT2D eigenvalue weighted by molar-refractivity contribution is 0.180. The molecular formula is C29H42FN3O. The smallest absolute Gasteiger partial charge is 0.140 e. The van der Waals surface area contributed by atoms with E-state index in [1.807, 2.05) is 38.1 Å². The number of hydrogen-bond donors (Lipinski definition) is 1. The minimum atomic E-state index is -0.396. The van der Waals surface area contributed by atoms with E-state index in [-0.39, 0.29) is 5.75 Å². The van der Waals surface area contributed by atoms with Gasteiger partial charge >= 0.3 is 0 Å². The number of fused-ring (bicyclic) bond motifs is 1. The van der Waals surface area contributed by atoms with Gasteiger partial charge in [-0.3, -0.25) is 0 Å². The highest BCUT2D eigenvalue weighted by atomic mass is 19.1. The molecule has 2 aliphatic heterocycles. The van der Waals surface area contributed by atoms with Gasteiger partial charge in [-0.05, 0) is 81.3 Å². The van der Waals surface area contributed by atoms with Crippen molar-refractivity contribution in [1.82, 2.24) is 9.80 Å². The molecule has 1 N–H and O–H groups in total. The molecule has 186 valence electrons. The predicted octanol–water partition coefficient (Wildman–Crippen LogP) is 6.99. The van der Waals surface area contributed by atoms with E-state index in [0.29, 0.717) is 17.0 Å². The van der Waals surface area contributed by atoms with Crippen molar-refractivity contribution in [2.45, 2.75) is 65.2 Å². The molecule has 1 aromatic carbocycles. The summed E-state index contributed by atoms with van der Waals surface area (Å²) in [5.74, 6) is 2.14. The van der Waals surface area contributed by atoms with Gasteiger partial charge in [0.2, 0.25) is 0 Å². The lowest BCUT2D eigenvalue weighted by Gasteiger charge is -2.32. The molecule has 0 spiro atoms. The Balaban J connectivity index is 0.00000158. The van der Waals surface area contributed by atoms with Gasteiger partial charge in [0.15, 0.2) is 0 Å². The molecule has 2 unspecified atom stereocenters. The first kappa shape index (κ1) is 26.2. The van der Waals surface area contributed by atoms with Crippen molar-refractivity contribution in [3.63, 3.8) is 0 Å². The van der Waals surface area contributed by atoms with Crippen LogP contribution in [0.3, 0.4) is 0 Å². The number of phenolic OH excluding ortho intramolecular Hbond substituents is 1. The SMILES string of the molecule is C=C/C(=C1/N=C(CCCN2CCCC3CCCCC3C2)C=CN1C)c1cc(O)ccc1F.CC. The third-order valence-corrected chi connectivity index (χ3v) is 7.27. The number of likely N-dealkylation sites (tertiary alicyclic amines) is 1. The van der Waals surface area contributed by atoms with Gasteiger partial charge in [0, 0.05) is 36.6 Å². The van der Waals surface area contributed by atoms with Crippen LogP contribution in [0.15, 0.2) is 53.9 Å². The minimum Gasteiger partial charge on any atom is -0.508 e. The van der Waals surface area contributed by atoms with Crippen LogP contribution in [-0.4, -0.2) is 47.3 Å². The molecule has 5 heteroatoms. The standard InChI is InChI=1S/C27H36FN3O.C2H6/c1-3-24(25-18-23(32)12-13-26(25)28)27-29-22(14-17-30(27)2)11-7-16-31-15-6-10-20-8-4-5-9-21(20)19-31;1-2/h3,12-14,17-18,20-21,32H,1,4-11,15-16,19H2,2H3;1-2H3/b27-24+;. The molecule has 3 aliphatic rings. The molecule has 1 aliphatic carbocycles. The summed E-state index contributed by atoms with van der Waals surface area (Å²) in [6.07, 6.45) is 16.0. The number of aromatic hydroxyl groups is 1. The Hall–Kier alpha value is -2.40. The van der Waals surface area contributed by atoms with Gasteiger partial charge in [0.1, 0.15) is 17.4 Å². The van der Waals surface area contributed by atoms with E-state index in [1.54, 1.807) is 6.08 Å². The van der Waals surface area contributed by atoms with E-state index in [0.717, 1.165) is 36.9 Å². The zero-order valence-corrected chi connectivity index (χ0v) is 21.3. The number of allylic oxidation sites excluding steroid dienone is 3. The second kappa shape index (κ2) is 12.9. The van der Waals surface area contributed by atoms with Crippen molar-refractivity contribution in [3.05, 3.63) is 60.3 Å². The summed E-state index contributed by atoms with van der Waals surface area (Å²) in [6, 6.07) is 4.05. The molecule has 0 radical (unpaired) electrons. The van der Waals surface area contributed by atoms with Gasteiger partial charge in [0.05, 0.1) is 0 Å². The number of aliphatic imine (C=N–C) groups is 1. The summed E-state index contributed by atoms with van der Waals surface area (Å²) >= 11 is 0. The lowest BCUT2D eigenvalue weighted by atomic mass is 9.77. The Labute approximate surface area is 205 Å². The maximum Gasteiger partial charge on any atom is 0.140 e. The number of rotatable bonds is 6. The average Bonchev–Trinajstić information content (AvgIpc) is 3.06. The van der Waals surface area contributed by atoms with Gasteiger partial charge in [-0.2, -0.15) is 0 Å². The van der Waals surface area contributed by atoms with Gasteiger partial charge in [-0.1, -0.05) is 45.8 Å². The number of nitrogens with zero attached hydrogens (tertiary/aromatic N) is 3. The second-order valence-corrected chi connectivity index (χ2v) is 9.49. The predicted molar refractivity (Wildman–Crippen MR) is 141 cm³/mol. The van der Waals surface area contributed by atoms with Gasteiger partial charge in [-0.25, -0.2) is 9.38 Å². The molecule has 0 amide bonds. The van der Waals surface area contributed by atoms with E-state index >= 15 is 0 Å². The van der Waals surface area contributed by atoms with Crippen molar-refractivity contribution in [2.75, 3.05) is 26.7 Å². The Kier molecular flexibility index (Phi) is 9.94. The molecular weight excluding hydrogens is 425 g/mol. The molecule has 1 aromatic rings. The zero-order valence-electron chi connectivity index (χ0n) is 21.3. The number of hydrogen-bond acceptors (Lipinski definition) is 4. The van der Waals surface area contributed by atoms with E-state index in [4.69, 9.17) is 4.99 Å². The molecule has 1 saturated heterocycles. The third-order valence-electron chi connectivity index (χ3n) is 7.27. The van der Waals surface area contributed by atoms with Crippen molar-refractivity contribution in [2.24, 2.45) is 16.8 Å². The summed E-state index contributed by atoms with van der Waals surface area (Å²) in [5.41, 5.74) is 1.90. The fraction of sp³-hybridized carbons (Fsp3) is 0.552. The molecule has 34 heavy (non-hydrogen) atoms. The van der Waals surface area contributed by atoms with Crippen LogP contribution in [0.5, 0.6) is 5.75 Å². The quantitative estimate of drug-likeness (QED) is 0.490. The van der Waals surface area contributed by atoms with Crippen molar-refractivity contribution >= 4 is 11.3 Å². The Morgan fingerprint density at radius 3 is 2.68 bits per heavy atom. The van der Waals surface area contributed by atoms with Gasteiger partial charge < -0.3 is 14.9 Å². The molecule has 2 heterocycles. The van der Waals surface area contributed by atoms with Crippen molar-refractivity contribution < 1.29 is 9.50 Å². The lowest BCUT2D eigenvalue weighted by Crippen LogP contribution is -2.32. The molecule has 0 bridgehead atoms. The summed E-state index contributed by atoms with van der Waals surface area (Å²) in [7, 11) is 1.90. The molecule has 1 saturated carbocycles. The van der Waals surface area contributed by atoms with Gasteiger partial charge in [-0.15, -0.1) is 0 Å². The third kappa shape index (κ3) is 6.59. The number of benzene rings is 1. The van der Waals surface area contributed by atoms with E-state index in [2.05, 4.69) is 11.5 Å². The van der Waals surface area contributed by atoms with Gasteiger partial charge in [0.25, 0.3) is 0 Å². The maximum atomic E-state index is 14.5. The zero-order chi connectivity index (χ0) is 24.5. The first-order chi connectivity index (χ1) is 16.5. The van der Waals surface area contributed by atoms with Crippen LogP contribution >= 0.6 is 0 Å². The maximum absolute atomic E-state index is 14.5. The Morgan fingerprint density at radius 2 is 1.91 bits per heavy atom. The first-order valence-electron chi connectivity index (χ1n) is 13.1. The fourth-order valence-corrected chi connectivity index (χ4v) is 5.54. The summed E-state index contributed by atoms with van der Waals surface area (Å²) in [6.45, 7) is 11.5. The van der Waals surface area contributed by atoms with Crippen molar-refractivity contribution in [1.29, 1.82) is 0 Å². The molecule has 4 nitrogen and oxygen atoms in total. The van der Waals surface area contributed by atoms with Crippen LogP contribution in [-0.2, 0) is 0 Å². The largest absolute Gasteiger partial charge is 0.508 e. The second-order valence-electron chi connectivity index (χ2n) is 9.49. The molecule has 4 rings (SSSR count). The average molecular weight is 468 g/mol. The highest BCUT2D eigenvalue weighted by Crippen LogP contribution is 2.36. The van der Waals surface area contributed by atoms with Crippen LogP contribution in [0.25, 0.3) is 5.57 Å². The minimum absolute atomic E-state index is 0.0252. The van der Waals surface area contributed by atoms with Crippen LogP contribution in [0.2, 0.25) is 0 Å². The first-order valence-corrected chi connectivity index (χ1v) is 13.1. The monoisotopic (exact) mass is 467 g/mol. The highest BCUT2D eigenvalue weighted by molar-refractivity contribution is 5.97. The van der Waals surface area contributed by atoms with E-state index in [9.17, 15) is 9.50 Å². The van der Waals surface area contributed by atoms with Crippen LogP contribution < -0.4 is 0 Å². The number of halogens is 1. The van der Waals surface area contributed by atoms with Crippen LogP contribution in [0, 0.1) is 17.7 Å². The topological polar surface area (TPSA) is 39.1 Å². The molecule has 0 aromatic heterocycles.